The van der Waals surface area contributed by atoms with Crippen molar-refractivity contribution < 1.29 is 4.79 Å². The van der Waals surface area contributed by atoms with Crippen LogP contribution in [-0.2, 0) is 0 Å². The Morgan fingerprint density at radius 3 is 3.07 bits per heavy atom. The maximum absolute atomic E-state index is 11.5. The first-order valence-electron chi connectivity index (χ1n) is 4.06. The fraction of sp³-hybridized carbons (Fsp3) is 0.333. The second-order valence-electron chi connectivity index (χ2n) is 2.84. The topological polar surface area (TPSA) is 52.9 Å². The average molecular weight is 320 g/mol. The highest BCUT2D eigenvalue weighted by Crippen LogP contribution is 2.18. The predicted octanol–water partition coefficient (Wildman–Crippen LogP) is 2.24. The monoisotopic (exact) mass is 320 g/mol. The molecule has 74 valence electrons. The van der Waals surface area contributed by atoms with Gasteiger partial charge in [-0.15, -0.1) is 11.3 Å². The Balaban J connectivity index is 2.53. The highest BCUT2D eigenvalue weighted by Gasteiger charge is 2.11. The van der Waals surface area contributed by atoms with Crippen molar-refractivity contribution in [2.24, 2.45) is 5.92 Å². The summed E-state index contributed by atoms with van der Waals surface area (Å²) >= 11 is 3.54. The zero-order chi connectivity index (χ0) is 10.6. The summed E-state index contributed by atoms with van der Waals surface area (Å²) in [6.45, 7) is 2.18. The van der Waals surface area contributed by atoms with Gasteiger partial charge in [0.05, 0.1) is 12.0 Å². The van der Waals surface area contributed by atoms with E-state index < -0.39 is 0 Å². The van der Waals surface area contributed by atoms with Gasteiger partial charge in [-0.2, -0.15) is 5.26 Å². The molecule has 3 nitrogen and oxygen atoms in total. The molecule has 0 bridgehead atoms. The van der Waals surface area contributed by atoms with Crippen molar-refractivity contribution in [3.05, 3.63) is 19.9 Å². The van der Waals surface area contributed by atoms with E-state index in [-0.39, 0.29) is 11.8 Å². The van der Waals surface area contributed by atoms with Gasteiger partial charge in [0.25, 0.3) is 5.91 Å². The second kappa shape index (κ2) is 5.32. The summed E-state index contributed by atoms with van der Waals surface area (Å²) in [5, 5.41) is 13.1. The van der Waals surface area contributed by atoms with Crippen molar-refractivity contribution in [1.82, 2.24) is 5.32 Å². The number of nitrogens with zero attached hydrogens (tertiary/aromatic N) is 1. The minimum atomic E-state index is -0.142. The van der Waals surface area contributed by atoms with Crippen LogP contribution >= 0.6 is 33.9 Å². The Labute approximate surface area is 100 Å². The van der Waals surface area contributed by atoms with Crippen LogP contribution < -0.4 is 5.32 Å². The van der Waals surface area contributed by atoms with Gasteiger partial charge in [-0.05, 0) is 41.0 Å². The van der Waals surface area contributed by atoms with Crippen LogP contribution in [0.3, 0.4) is 0 Å². The summed E-state index contributed by atoms with van der Waals surface area (Å²) in [6.07, 6.45) is 0. The first kappa shape index (κ1) is 11.5. The van der Waals surface area contributed by atoms with Gasteiger partial charge in [0.15, 0.2) is 0 Å². The van der Waals surface area contributed by atoms with Gasteiger partial charge in [-0.3, -0.25) is 4.79 Å². The first-order chi connectivity index (χ1) is 6.65. The molecule has 1 N–H and O–H groups in total. The number of thiophene rings is 1. The lowest BCUT2D eigenvalue weighted by Crippen LogP contribution is -2.27. The molecule has 1 aromatic heterocycles. The van der Waals surface area contributed by atoms with Crippen LogP contribution in [0.5, 0.6) is 0 Å². The van der Waals surface area contributed by atoms with Gasteiger partial charge < -0.3 is 5.32 Å². The Morgan fingerprint density at radius 2 is 2.57 bits per heavy atom. The number of halogens is 1. The molecule has 0 fully saturated rings. The smallest absolute Gasteiger partial charge is 0.262 e. The fourth-order valence-electron chi connectivity index (χ4n) is 0.827. The van der Waals surface area contributed by atoms with Crippen LogP contribution in [-0.4, -0.2) is 12.5 Å². The average Bonchev–Trinajstić information content (AvgIpc) is 2.60. The van der Waals surface area contributed by atoms with E-state index >= 15 is 0 Å². The lowest BCUT2D eigenvalue weighted by atomic mass is 10.2. The van der Waals surface area contributed by atoms with Gasteiger partial charge in [0.1, 0.15) is 4.88 Å². The predicted molar refractivity (Wildman–Crippen MR) is 64.1 cm³/mol. The number of carbonyl (C=O) groups excluding carboxylic acids is 1. The normalized spacial score (nSPS) is 11.8. The minimum absolute atomic E-state index is 0.0912. The van der Waals surface area contributed by atoms with Gasteiger partial charge in [-0.25, -0.2) is 0 Å². The number of amides is 1. The molecule has 0 aliphatic rings. The Bertz CT molecular complexity index is 369. The van der Waals surface area contributed by atoms with E-state index in [1.807, 2.05) is 11.4 Å². The van der Waals surface area contributed by atoms with Crippen molar-refractivity contribution >= 4 is 39.8 Å². The largest absolute Gasteiger partial charge is 0.350 e. The standard InChI is InChI=1S/C9H9IN2OS/c1-6(4-11)5-12-9(13)8-7(10)2-3-14-8/h2-3,6H,5H2,1H3,(H,12,13). The van der Waals surface area contributed by atoms with Gasteiger partial charge in [-0.1, -0.05) is 0 Å². The van der Waals surface area contributed by atoms with Crippen molar-refractivity contribution in [1.29, 1.82) is 5.26 Å². The SMILES string of the molecule is CC(C#N)CNC(=O)c1sccc1I. The van der Waals surface area contributed by atoms with E-state index in [9.17, 15) is 4.79 Å². The van der Waals surface area contributed by atoms with Gasteiger partial charge >= 0.3 is 0 Å². The number of hydrogen-bond donors (Lipinski definition) is 1. The van der Waals surface area contributed by atoms with E-state index in [0.29, 0.717) is 6.54 Å². The molecule has 1 unspecified atom stereocenters. The summed E-state index contributed by atoms with van der Waals surface area (Å²) in [5.41, 5.74) is 0. The summed E-state index contributed by atoms with van der Waals surface area (Å²) < 4.78 is 0.953. The van der Waals surface area contributed by atoms with Gasteiger partial charge in [0.2, 0.25) is 0 Å². The summed E-state index contributed by atoms with van der Waals surface area (Å²) in [4.78, 5) is 12.3. The van der Waals surface area contributed by atoms with Gasteiger partial charge in [0, 0.05) is 10.1 Å². The number of hydrogen-bond acceptors (Lipinski definition) is 3. The highest BCUT2D eigenvalue weighted by molar-refractivity contribution is 14.1. The maximum Gasteiger partial charge on any atom is 0.262 e. The van der Waals surface area contributed by atoms with E-state index in [1.165, 1.54) is 11.3 Å². The minimum Gasteiger partial charge on any atom is -0.350 e. The zero-order valence-electron chi connectivity index (χ0n) is 7.58. The van der Waals surface area contributed by atoms with Crippen molar-refractivity contribution in [3.63, 3.8) is 0 Å². The molecule has 1 aromatic rings. The maximum atomic E-state index is 11.5. The molecule has 14 heavy (non-hydrogen) atoms. The van der Waals surface area contributed by atoms with Crippen LogP contribution in [0.1, 0.15) is 16.6 Å². The molecule has 0 radical (unpaired) electrons. The van der Waals surface area contributed by atoms with Crippen LogP contribution in [0, 0.1) is 20.8 Å². The molecule has 1 heterocycles. The Kier molecular flexibility index (Phi) is 4.35. The molecule has 0 saturated heterocycles. The molecule has 1 amide bonds. The van der Waals surface area contributed by atoms with E-state index in [1.54, 1.807) is 6.92 Å². The van der Waals surface area contributed by atoms with Crippen LogP contribution in [0.4, 0.5) is 0 Å². The molecule has 0 spiro atoms. The summed E-state index contributed by atoms with van der Waals surface area (Å²) in [7, 11) is 0. The van der Waals surface area contributed by atoms with E-state index in [2.05, 4.69) is 34.0 Å². The number of nitriles is 1. The molecule has 0 aromatic carbocycles. The van der Waals surface area contributed by atoms with Crippen molar-refractivity contribution in [2.45, 2.75) is 6.92 Å². The van der Waals surface area contributed by atoms with E-state index in [4.69, 9.17) is 5.26 Å². The van der Waals surface area contributed by atoms with Crippen LogP contribution in [0.2, 0.25) is 0 Å². The lowest BCUT2D eigenvalue weighted by Gasteiger charge is -2.04. The highest BCUT2D eigenvalue weighted by atomic mass is 127. The Morgan fingerprint density at radius 1 is 1.86 bits per heavy atom. The molecule has 0 aliphatic heterocycles. The molecule has 5 heteroatoms. The van der Waals surface area contributed by atoms with Crippen molar-refractivity contribution in [2.75, 3.05) is 6.54 Å². The number of carbonyl (C=O) groups is 1. The number of rotatable bonds is 3. The lowest BCUT2D eigenvalue weighted by molar-refractivity contribution is 0.0954. The summed E-state index contributed by atoms with van der Waals surface area (Å²) in [5.74, 6) is -0.233. The molecule has 1 rings (SSSR count). The first-order valence-corrected chi connectivity index (χ1v) is 6.01. The van der Waals surface area contributed by atoms with E-state index in [0.717, 1.165) is 8.45 Å². The van der Waals surface area contributed by atoms with Crippen molar-refractivity contribution in [3.8, 4) is 6.07 Å². The third-order valence-electron chi connectivity index (χ3n) is 1.61. The summed E-state index contributed by atoms with van der Waals surface area (Å²) in [6, 6.07) is 3.96. The third-order valence-corrected chi connectivity index (χ3v) is 3.79. The van der Waals surface area contributed by atoms with Crippen LogP contribution in [0.15, 0.2) is 11.4 Å². The molecular weight excluding hydrogens is 311 g/mol. The number of nitrogens with one attached hydrogen (secondary N) is 1. The van der Waals surface area contributed by atoms with Crippen LogP contribution in [0.25, 0.3) is 0 Å². The third kappa shape index (κ3) is 2.96. The molecule has 0 aliphatic carbocycles. The molecule has 1 atom stereocenters. The Hall–Kier alpha value is -0.610. The second-order valence-corrected chi connectivity index (χ2v) is 4.92. The quantitative estimate of drug-likeness (QED) is 0.869. The zero-order valence-corrected chi connectivity index (χ0v) is 10.6. The molecular formula is C9H9IN2OS. The fourth-order valence-corrected chi connectivity index (χ4v) is 2.58. The molecule has 0 saturated carbocycles.